The Bertz CT molecular complexity index is 928. The highest BCUT2D eigenvalue weighted by Crippen LogP contribution is 2.32. The van der Waals surface area contributed by atoms with Crippen molar-refractivity contribution in [2.45, 2.75) is 6.92 Å². The molecule has 3 aromatic rings. The second-order valence-electron chi connectivity index (χ2n) is 5.17. The first kappa shape index (κ1) is 15.0. The van der Waals surface area contributed by atoms with Crippen molar-refractivity contribution >= 4 is 11.0 Å². The second-order valence-corrected chi connectivity index (χ2v) is 5.17. The van der Waals surface area contributed by atoms with Crippen molar-refractivity contribution in [3.63, 3.8) is 0 Å². The van der Waals surface area contributed by atoms with Crippen LogP contribution >= 0.6 is 0 Å². The maximum Gasteiger partial charge on any atom is 0.161 e. The van der Waals surface area contributed by atoms with Gasteiger partial charge in [-0.3, -0.25) is 0 Å². The average Bonchev–Trinajstić information content (AvgIpc) is 2.60. The van der Waals surface area contributed by atoms with Gasteiger partial charge in [0, 0.05) is 17.0 Å². The standard InChI is InChI=1S/C18H17NO4/c1-11-4-6-15-13(8-11)14(19-20)10-17(23-15)12-5-7-16(21-2)18(9-12)22-3/h4-10,20H,1-3H3. The summed E-state index contributed by atoms with van der Waals surface area (Å²) in [6.07, 6.45) is 0. The highest BCUT2D eigenvalue weighted by molar-refractivity contribution is 5.79. The van der Waals surface area contributed by atoms with Crippen LogP contribution in [0.5, 0.6) is 11.5 Å². The van der Waals surface area contributed by atoms with Gasteiger partial charge in [0.2, 0.25) is 0 Å². The van der Waals surface area contributed by atoms with Crippen LogP contribution in [0.2, 0.25) is 0 Å². The lowest BCUT2D eigenvalue weighted by atomic mass is 10.1. The number of nitrogens with zero attached hydrogens (tertiary/aromatic N) is 1. The Hall–Kier alpha value is -2.95. The van der Waals surface area contributed by atoms with E-state index < -0.39 is 0 Å². The Labute approximate surface area is 133 Å². The van der Waals surface area contributed by atoms with Gasteiger partial charge in [0.25, 0.3) is 0 Å². The fourth-order valence-electron chi connectivity index (χ4n) is 2.50. The summed E-state index contributed by atoms with van der Waals surface area (Å²) in [6.45, 7) is 1.98. The molecule has 118 valence electrons. The zero-order chi connectivity index (χ0) is 16.4. The van der Waals surface area contributed by atoms with Gasteiger partial charge in [-0.2, -0.15) is 0 Å². The summed E-state index contributed by atoms with van der Waals surface area (Å²) in [4.78, 5) is 0. The minimum Gasteiger partial charge on any atom is -0.493 e. The highest BCUT2D eigenvalue weighted by atomic mass is 16.5. The molecule has 0 saturated carbocycles. The Morgan fingerprint density at radius 3 is 2.43 bits per heavy atom. The third-order valence-corrected chi connectivity index (χ3v) is 3.67. The van der Waals surface area contributed by atoms with E-state index in [9.17, 15) is 5.21 Å². The SMILES string of the molecule is COc1ccc(-c2cc(=NO)c3cc(C)ccc3o2)cc1OC. The molecular formula is C18H17NO4. The van der Waals surface area contributed by atoms with Gasteiger partial charge in [0.05, 0.1) is 14.2 Å². The number of hydrogen-bond acceptors (Lipinski definition) is 5. The fraction of sp³-hybridized carbons (Fsp3) is 0.167. The van der Waals surface area contributed by atoms with Crippen molar-refractivity contribution in [2.75, 3.05) is 14.2 Å². The van der Waals surface area contributed by atoms with Crippen LogP contribution in [0.4, 0.5) is 0 Å². The van der Waals surface area contributed by atoms with E-state index in [1.807, 2.05) is 37.3 Å². The van der Waals surface area contributed by atoms with Gasteiger partial charge in [0.15, 0.2) is 11.5 Å². The number of fused-ring (bicyclic) bond motifs is 1. The van der Waals surface area contributed by atoms with Crippen molar-refractivity contribution in [1.29, 1.82) is 0 Å². The second kappa shape index (κ2) is 6.04. The monoisotopic (exact) mass is 311 g/mol. The minimum atomic E-state index is 0.458. The first-order chi connectivity index (χ1) is 11.2. The molecule has 1 heterocycles. The predicted octanol–water partition coefficient (Wildman–Crippen LogP) is 3.72. The quantitative estimate of drug-likeness (QED) is 0.591. The van der Waals surface area contributed by atoms with E-state index in [-0.39, 0.29) is 0 Å². The first-order valence-electron chi connectivity index (χ1n) is 7.11. The molecule has 1 N–H and O–H groups in total. The molecule has 0 aliphatic rings. The summed E-state index contributed by atoms with van der Waals surface area (Å²) in [5.74, 6) is 1.82. The summed E-state index contributed by atoms with van der Waals surface area (Å²) < 4.78 is 16.5. The van der Waals surface area contributed by atoms with Crippen LogP contribution < -0.4 is 14.8 Å². The zero-order valence-electron chi connectivity index (χ0n) is 13.2. The Kier molecular flexibility index (Phi) is 3.93. The Morgan fingerprint density at radius 1 is 0.957 bits per heavy atom. The predicted molar refractivity (Wildman–Crippen MR) is 86.8 cm³/mol. The maximum absolute atomic E-state index is 9.32. The molecule has 0 unspecified atom stereocenters. The van der Waals surface area contributed by atoms with E-state index in [4.69, 9.17) is 13.9 Å². The summed E-state index contributed by atoms with van der Waals surface area (Å²) in [5, 5.41) is 13.9. The van der Waals surface area contributed by atoms with Crippen LogP contribution in [0.15, 0.2) is 52.0 Å². The van der Waals surface area contributed by atoms with Gasteiger partial charge in [0.1, 0.15) is 16.7 Å². The van der Waals surface area contributed by atoms with Gasteiger partial charge in [-0.05, 0) is 37.3 Å². The lowest BCUT2D eigenvalue weighted by Crippen LogP contribution is -2.03. The number of aryl methyl sites for hydroxylation is 1. The summed E-state index contributed by atoms with van der Waals surface area (Å²) in [5.41, 5.74) is 2.52. The van der Waals surface area contributed by atoms with E-state index in [2.05, 4.69) is 5.16 Å². The van der Waals surface area contributed by atoms with E-state index in [0.29, 0.717) is 28.2 Å². The molecule has 0 spiro atoms. The molecule has 0 saturated heterocycles. The van der Waals surface area contributed by atoms with Crippen molar-refractivity contribution in [3.8, 4) is 22.8 Å². The van der Waals surface area contributed by atoms with Crippen molar-refractivity contribution in [3.05, 3.63) is 53.4 Å². The average molecular weight is 311 g/mol. The first-order valence-corrected chi connectivity index (χ1v) is 7.11. The lowest BCUT2D eigenvalue weighted by molar-refractivity contribution is 0.302. The third kappa shape index (κ3) is 2.73. The van der Waals surface area contributed by atoms with Gasteiger partial charge >= 0.3 is 0 Å². The van der Waals surface area contributed by atoms with Gasteiger partial charge in [-0.25, -0.2) is 0 Å². The lowest BCUT2D eigenvalue weighted by Gasteiger charge is -2.10. The van der Waals surface area contributed by atoms with Crippen LogP contribution in [0.25, 0.3) is 22.3 Å². The van der Waals surface area contributed by atoms with E-state index in [0.717, 1.165) is 16.5 Å². The topological polar surface area (TPSA) is 64.2 Å². The summed E-state index contributed by atoms with van der Waals surface area (Å²) in [7, 11) is 3.17. The molecule has 23 heavy (non-hydrogen) atoms. The van der Waals surface area contributed by atoms with Crippen LogP contribution in [0.1, 0.15) is 5.56 Å². The molecule has 2 aromatic carbocycles. The van der Waals surface area contributed by atoms with Gasteiger partial charge in [-0.15, -0.1) is 0 Å². The normalized spacial score (nSPS) is 11.7. The molecule has 0 radical (unpaired) electrons. The van der Waals surface area contributed by atoms with Crippen LogP contribution in [0, 0.1) is 6.92 Å². The molecule has 5 nitrogen and oxygen atoms in total. The number of benzene rings is 2. The third-order valence-electron chi connectivity index (χ3n) is 3.67. The van der Waals surface area contributed by atoms with Crippen LogP contribution in [-0.2, 0) is 0 Å². The molecule has 0 aliphatic heterocycles. The molecule has 0 aliphatic carbocycles. The molecule has 3 rings (SSSR count). The fourth-order valence-corrected chi connectivity index (χ4v) is 2.50. The Morgan fingerprint density at radius 2 is 1.74 bits per heavy atom. The number of hydrogen-bond donors (Lipinski definition) is 1. The van der Waals surface area contributed by atoms with Crippen molar-refractivity contribution in [1.82, 2.24) is 0 Å². The van der Waals surface area contributed by atoms with Gasteiger partial charge < -0.3 is 19.1 Å². The van der Waals surface area contributed by atoms with E-state index in [1.165, 1.54) is 0 Å². The smallest absolute Gasteiger partial charge is 0.161 e. The maximum atomic E-state index is 9.32. The molecule has 5 heteroatoms. The molecule has 0 amide bonds. The van der Waals surface area contributed by atoms with Crippen LogP contribution in [0.3, 0.4) is 0 Å². The molecule has 0 bridgehead atoms. The van der Waals surface area contributed by atoms with Crippen LogP contribution in [-0.4, -0.2) is 19.4 Å². The number of rotatable bonds is 3. The van der Waals surface area contributed by atoms with Crippen molar-refractivity contribution in [2.24, 2.45) is 5.16 Å². The van der Waals surface area contributed by atoms with E-state index in [1.54, 1.807) is 26.4 Å². The van der Waals surface area contributed by atoms with E-state index >= 15 is 0 Å². The Balaban J connectivity index is 2.23. The summed E-state index contributed by atoms with van der Waals surface area (Å²) in [6, 6.07) is 12.9. The molecule has 1 aromatic heterocycles. The summed E-state index contributed by atoms with van der Waals surface area (Å²) >= 11 is 0. The zero-order valence-corrected chi connectivity index (χ0v) is 13.2. The number of ether oxygens (including phenoxy) is 2. The molecule has 0 fully saturated rings. The minimum absolute atomic E-state index is 0.458. The van der Waals surface area contributed by atoms with Gasteiger partial charge in [-0.1, -0.05) is 16.8 Å². The molecule has 0 atom stereocenters. The largest absolute Gasteiger partial charge is 0.493 e. The highest BCUT2D eigenvalue weighted by Gasteiger charge is 2.10. The number of methoxy groups -OCH3 is 2. The molecular weight excluding hydrogens is 294 g/mol. The van der Waals surface area contributed by atoms with Crippen molar-refractivity contribution < 1.29 is 19.1 Å².